The van der Waals surface area contributed by atoms with Crippen LogP contribution in [-0.2, 0) is 16.6 Å². The van der Waals surface area contributed by atoms with Crippen LogP contribution in [0.3, 0.4) is 0 Å². The summed E-state index contributed by atoms with van der Waals surface area (Å²) in [6, 6.07) is 2.79. The Morgan fingerprint density at radius 1 is 1.53 bits per heavy atom. The zero-order valence-electron chi connectivity index (χ0n) is 10.0. The molecule has 6 nitrogen and oxygen atoms in total. The molecule has 102 valence electrons. The van der Waals surface area contributed by atoms with Crippen molar-refractivity contribution >= 4 is 33.0 Å². The van der Waals surface area contributed by atoms with E-state index in [2.05, 4.69) is 4.72 Å². The van der Waals surface area contributed by atoms with Crippen LogP contribution in [0.15, 0.2) is 34.0 Å². The highest BCUT2D eigenvalue weighted by molar-refractivity contribution is 7.92. The second-order valence-electron chi connectivity index (χ2n) is 3.77. The molecule has 0 bridgehead atoms. The lowest BCUT2D eigenvalue weighted by Crippen LogP contribution is -2.11. The van der Waals surface area contributed by atoms with E-state index in [9.17, 15) is 13.2 Å². The predicted octanol–water partition coefficient (Wildman–Crippen LogP) is 2.07. The van der Waals surface area contributed by atoms with E-state index in [1.165, 1.54) is 22.1 Å². The van der Waals surface area contributed by atoms with Crippen molar-refractivity contribution in [1.29, 1.82) is 0 Å². The van der Waals surface area contributed by atoms with Crippen molar-refractivity contribution in [1.82, 2.24) is 4.57 Å². The van der Waals surface area contributed by atoms with Crippen LogP contribution in [-0.4, -0.2) is 24.1 Å². The number of carbonyl (C=O) groups is 1. The number of rotatable bonds is 5. The fourth-order valence-corrected chi connectivity index (χ4v) is 3.36. The number of nitrogens with one attached hydrogen (secondary N) is 1. The number of aryl methyl sites for hydroxylation is 1. The average molecular weight is 300 g/mol. The highest BCUT2D eigenvalue weighted by atomic mass is 32.2. The topological polar surface area (TPSA) is 88.4 Å². The van der Waals surface area contributed by atoms with E-state index >= 15 is 0 Å². The molecule has 0 saturated carbocycles. The predicted molar refractivity (Wildman–Crippen MR) is 72.2 cm³/mol. The van der Waals surface area contributed by atoms with Gasteiger partial charge >= 0.3 is 5.97 Å². The van der Waals surface area contributed by atoms with E-state index in [1.54, 1.807) is 23.8 Å². The normalized spacial score (nSPS) is 11.4. The van der Waals surface area contributed by atoms with E-state index in [0.29, 0.717) is 12.2 Å². The Hall–Kier alpha value is -1.80. The quantitative estimate of drug-likeness (QED) is 0.884. The zero-order valence-corrected chi connectivity index (χ0v) is 11.7. The monoisotopic (exact) mass is 300 g/mol. The summed E-state index contributed by atoms with van der Waals surface area (Å²) in [7, 11) is -3.76. The lowest BCUT2D eigenvalue weighted by atomic mass is 10.4. The number of nitrogens with zero attached hydrogens (tertiary/aromatic N) is 1. The van der Waals surface area contributed by atoms with E-state index in [0.717, 1.165) is 6.07 Å². The molecule has 0 unspecified atom stereocenters. The molecular formula is C11H12N2O4S2. The number of anilines is 1. The zero-order chi connectivity index (χ0) is 14.0. The standard InChI is InChI=1S/C11H12N2O4S2/c1-2-13-6-9(5-10(13)11(14)15)19(16,17)12-8-3-4-18-7-8/h3-7,12H,2H2,1H3,(H,14,15). The Kier molecular flexibility index (Phi) is 3.63. The number of thiophene rings is 1. The van der Waals surface area contributed by atoms with Gasteiger partial charge in [-0.1, -0.05) is 0 Å². The van der Waals surface area contributed by atoms with Crippen LogP contribution in [0.25, 0.3) is 0 Å². The molecule has 0 aromatic carbocycles. The van der Waals surface area contributed by atoms with Crippen LogP contribution in [0, 0.1) is 0 Å². The fraction of sp³-hybridized carbons (Fsp3) is 0.182. The lowest BCUT2D eigenvalue weighted by Gasteiger charge is -2.03. The van der Waals surface area contributed by atoms with Crippen LogP contribution in [0.5, 0.6) is 0 Å². The third-order valence-corrected chi connectivity index (χ3v) is 4.55. The molecule has 0 amide bonds. The summed E-state index contributed by atoms with van der Waals surface area (Å²) in [6.07, 6.45) is 1.32. The molecule has 2 heterocycles. The SMILES string of the molecule is CCn1cc(S(=O)(=O)Nc2ccsc2)cc1C(=O)O. The first-order valence-electron chi connectivity index (χ1n) is 5.42. The van der Waals surface area contributed by atoms with Crippen LogP contribution in [0.1, 0.15) is 17.4 Å². The first kappa shape index (κ1) is 13.6. The smallest absolute Gasteiger partial charge is 0.352 e. The lowest BCUT2D eigenvalue weighted by molar-refractivity contribution is 0.0685. The molecule has 2 aromatic rings. The molecule has 0 aliphatic rings. The van der Waals surface area contributed by atoms with E-state index in [-0.39, 0.29) is 10.6 Å². The summed E-state index contributed by atoms with van der Waals surface area (Å²) in [5.41, 5.74) is 0.416. The van der Waals surface area contributed by atoms with Gasteiger partial charge < -0.3 is 9.67 Å². The minimum absolute atomic E-state index is 0.0480. The van der Waals surface area contributed by atoms with Crippen LogP contribution >= 0.6 is 11.3 Å². The molecule has 0 radical (unpaired) electrons. The summed E-state index contributed by atoms with van der Waals surface area (Å²) in [4.78, 5) is 10.9. The van der Waals surface area contributed by atoms with Crippen LogP contribution < -0.4 is 4.72 Å². The van der Waals surface area contributed by atoms with E-state index in [1.807, 2.05) is 0 Å². The Balaban J connectivity index is 2.38. The largest absolute Gasteiger partial charge is 0.477 e. The molecule has 19 heavy (non-hydrogen) atoms. The fourth-order valence-electron chi connectivity index (χ4n) is 1.61. The molecule has 0 saturated heterocycles. The van der Waals surface area contributed by atoms with Crippen molar-refractivity contribution in [2.75, 3.05) is 4.72 Å². The first-order chi connectivity index (χ1) is 8.94. The second kappa shape index (κ2) is 5.06. The van der Waals surface area contributed by atoms with Gasteiger partial charge in [0, 0.05) is 18.1 Å². The maximum absolute atomic E-state index is 12.1. The van der Waals surface area contributed by atoms with Crippen molar-refractivity contribution in [3.05, 3.63) is 34.8 Å². The van der Waals surface area contributed by atoms with Crippen molar-refractivity contribution in [3.8, 4) is 0 Å². The number of hydrogen-bond donors (Lipinski definition) is 2. The molecule has 0 fully saturated rings. The van der Waals surface area contributed by atoms with Crippen molar-refractivity contribution in [2.45, 2.75) is 18.4 Å². The first-order valence-corrected chi connectivity index (χ1v) is 7.85. The number of aromatic nitrogens is 1. The van der Waals surface area contributed by atoms with Gasteiger partial charge in [-0.05, 0) is 24.4 Å². The summed E-state index contributed by atoms with van der Waals surface area (Å²) < 4.78 is 28.0. The Bertz CT molecular complexity index is 686. The van der Waals surface area contributed by atoms with Crippen molar-refractivity contribution in [3.63, 3.8) is 0 Å². The highest BCUT2D eigenvalue weighted by Crippen LogP contribution is 2.20. The van der Waals surface area contributed by atoms with Gasteiger partial charge in [-0.2, -0.15) is 11.3 Å². The van der Waals surface area contributed by atoms with Crippen LogP contribution in [0.2, 0.25) is 0 Å². The van der Waals surface area contributed by atoms with Crippen molar-refractivity contribution in [2.24, 2.45) is 0 Å². The third kappa shape index (κ3) is 2.79. The number of carboxylic acid groups (broad SMARTS) is 1. The molecule has 2 rings (SSSR count). The van der Waals surface area contributed by atoms with Gasteiger partial charge in [-0.3, -0.25) is 4.72 Å². The molecule has 2 N–H and O–H groups in total. The summed E-state index contributed by atoms with van der Waals surface area (Å²) in [5, 5.41) is 12.4. The van der Waals surface area contributed by atoms with E-state index < -0.39 is 16.0 Å². The molecule has 0 aliphatic carbocycles. The summed E-state index contributed by atoms with van der Waals surface area (Å²) in [6.45, 7) is 2.13. The Morgan fingerprint density at radius 2 is 2.26 bits per heavy atom. The van der Waals surface area contributed by atoms with Gasteiger partial charge in [0.05, 0.1) is 5.69 Å². The van der Waals surface area contributed by atoms with Gasteiger partial charge in [-0.15, -0.1) is 0 Å². The molecule has 0 aliphatic heterocycles. The highest BCUT2D eigenvalue weighted by Gasteiger charge is 2.21. The minimum Gasteiger partial charge on any atom is -0.477 e. The van der Waals surface area contributed by atoms with Crippen LogP contribution in [0.4, 0.5) is 5.69 Å². The molecular weight excluding hydrogens is 288 g/mol. The van der Waals surface area contributed by atoms with E-state index in [4.69, 9.17) is 5.11 Å². The third-order valence-electron chi connectivity index (χ3n) is 2.51. The maximum atomic E-state index is 12.1. The second-order valence-corrected chi connectivity index (χ2v) is 6.23. The van der Waals surface area contributed by atoms with Gasteiger partial charge in [0.1, 0.15) is 10.6 Å². The molecule has 8 heteroatoms. The number of carboxylic acids is 1. The maximum Gasteiger partial charge on any atom is 0.352 e. The summed E-state index contributed by atoms with van der Waals surface area (Å²) in [5.74, 6) is -1.15. The van der Waals surface area contributed by atoms with Crippen molar-refractivity contribution < 1.29 is 18.3 Å². The Labute approximate surface area is 114 Å². The minimum atomic E-state index is -3.76. The Morgan fingerprint density at radius 3 is 2.74 bits per heavy atom. The average Bonchev–Trinajstić information content (AvgIpc) is 2.95. The number of hydrogen-bond acceptors (Lipinski definition) is 4. The van der Waals surface area contributed by atoms with Gasteiger partial charge in [0.2, 0.25) is 0 Å². The summed E-state index contributed by atoms with van der Waals surface area (Å²) >= 11 is 1.37. The van der Waals surface area contributed by atoms with Gasteiger partial charge in [-0.25, -0.2) is 13.2 Å². The van der Waals surface area contributed by atoms with Gasteiger partial charge in [0.15, 0.2) is 0 Å². The molecule has 2 aromatic heterocycles. The van der Waals surface area contributed by atoms with Gasteiger partial charge in [0.25, 0.3) is 10.0 Å². The number of aromatic carboxylic acids is 1. The number of sulfonamides is 1. The molecule has 0 spiro atoms. The molecule has 0 atom stereocenters.